The summed E-state index contributed by atoms with van der Waals surface area (Å²) in [5.74, 6) is -5.11. The summed E-state index contributed by atoms with van der Waals surface area (Å²) < 4.78 is 5.87. The SMILES string of the molecule is CCCCCOc1ccc(-c2ccc(-c3ccc(C(=O)N[C@H]4CCCNC(=O)C5C[C@H](NC(=O)Nc6ccccc6)CN5C(=O)C(C(C)O)NC(=O)C(CCc5ccc(O)cc5)NC(=O)C5C[C@@H](O)CN5C(=O)C(C(C)O)NC4=O)cc3)cc2)cc1. The lowest BCUT2D eigenvalue weighted by molar-refractivity contribution is -0.145. The third-order valence-electron chi connectivity index (χ3n) is 15.7. The molecular formula is C64H77N9O13. The molecule has 3 saturated heterocycles. The number of aliphatic hydroxyl groups is 3. The predicted molar refractivity (Wildman–Crippen MR) is 320 cm³/mol. The van der Waals surface area contributed by atoms with E-state index in [4.69, 9.17) is 4.74 Å². The van der Waals surface area contributed by atoms with Gasteiger partial charge in [-0.25, -0.2) is 4.79 Å². The lowest BCUT2D eigenvalue weighted by Crippen LogP contribution is -2.61. The summed E-state index contributed by atoms with van der Waals surface area (Å²) in [6.07, 6.45) is -1.66. The minimum atomic E-state index is -1.72. The summed E-state index contributed by atoms with van der Waals surface area (Å²) in [5, 5.41) is 62.1. The predicted octanol–water partition coefficient (Wildman–Crippen LogP) is 3.91. The van der Waals surface area contributed by atoms with Crippen molar-refractivity contribution in [2.45, 2.75) is 139 Å². The van der Waals surface area contributed by atoms with Crippen molar-refractivity contribution in [2.75, 3.05) is 31.6 Å². The second-order valence-corrected chi connectivity index (χ2v) is 22.2. The second-order valence-electron chi connectivity index (χ2n) is 22.2. The van der Waals surface area contributed by atoms with Crippen molar-refractivity contribution in [1.82, 2.24) is 41.7 Å². The number of aryl methyl sites for hydroxylation is 1. The highest BCUT2D eigenvalue weighted by Gasteiger charge is 2.46. The van der Waals surface area contributed by atoms with Gasteiger partial charge in [-0.1, -0.05) is 98.6 Å². The maximum atomic E-state index is 14.7. The molecule has 22 heteroatoms. The van der Waals surface area contributed by atoms with Crippen LogP contribution < -0.4 is 42.0 Å². The summed E-state index contributed by atoms with van der Waals surface area (Å²) >= 11 is 0. The van der Waals surface area contributed by atoms with Gasteiger partial charge in [-0.05, 0) is 129 Å². The molecule has 0 aromatic heterocycles. The molecule has 5 aromatic rings. The number of unbranched alkanes of at least 4 members (excludes halogenated alkanes) is 2. The number of benzene rings is 5. The number of rotatable bonds is 16. The Morgan fingerprint density at radius 1 is 0.651 bits per heavy atom. The number of para-hydroxylation sites is 1. The number of aromatic hydroxyl groups is 1. The van der Waals surface area contributed by atoms with Crippen LogP contribution in [0, 0.1) is 0 Å². The molecule has 3 fully saturated rings. The number of carbonyl (C=O) groups is 8. The van der Waals surface area contributed by atoms with Gasteiger partial charge in [0.2, 0.25) is 35.4 Å². The lowest BCUT2D eigenvalue weighted by atomic mass is 9.99. The van der Waals surface area contributed by atoms with Crippen molar-refractivity contribution < 1.29 is 63.5 Å². The van der Waals surface area contributed by atoms with Crippen LogP contribution in [-0.2, 0) is 35.2 Å². The first-order valence-corrected chi connectivity index (χ1v) is 29.3. The molecule has 0 radical (unpaired) electrons. The van der Waals surface area contributed by atoms with Crippen molar-refractivity contribution in [3.05, 3.63) is 139 Å². The number of hydrogen-bond acceptors (Lipinski definition) is 13. The molecular weight excluding hydrogens is 1100 g/mol. The van der Waals surface area contributed by atoms with Crippen LogP contribution in [0.3, 0.4) is 0 Å². The number of hydrogen-bond donors (Lipinski definition) is 11. The summed E-state index contributed by atoms with van der Waals surface area (Å²) in [7, 11) is 0. The number of phenolic OH excluding ortho intramolecular Hbond substituents is 1. The zero-order valence-electron chi connectivity index (χ0n) is 48.4. The first-order chi connectivity index (χ1) is 41.3. The maximum Gasteiger partial charge on any atom is 0.319 e. The fourth-order valence-electron chi connectivity index (χ4n) is 10.9. The van der Waals surface area contributed by atoms with Crippen LogP contribution in [0.4, 0.5) is 10.5 Å². The number of urea groups is 1. The topological polar surface area (TPSA) is 317 Å². The monoisotopic (exact) mass is 1180 g/mol. The molecule has 3 aliphatic rings. The first kappa shape index (κ1) is 63.2. The summed E-state index contributed by atoms with van der Waals surface area (Å²) in [5.41, 5.74) is 5.01. The quantitative estimate of drug-likeness (QED) is 0.0626. The van der Waals surface area contributed by atoms with Gasteiger partial charge in [0.25, 0.3) is 5.91 Å². The van der Waals surface area contributed by atoms with E-state index in [9.17, 15) is 58.8 Å². The second kappa shape index (κ2) is 29.8. The first-order valence-electron chi connectivity index (χ1n) is 29.3. The minimum Gasteiger partial charge on any atom is -0.508 e. The minimum absolute atomic E-state index is 0.0158. The Bertz CT molecular complexity index is 3150. The number of ether oxygens (including phenoxy) is 1. The third kappa shape index (κ3) is 16.7. The highest BCUT2D eigenvalue weighted by molar-refractivity contribution is 6.00. The standard InChI is InChI=1S/C64H77N9O13/c1-4-5-9-33-86-50-29-25-44(26-30-50)42-19-17-41(18-20-42)43-21-23-45(24-22-43)57(78)68-51-13-10-32-65-60(81)53-34-47(67-64(85)66-46-11-7-6-8-12-46)36-72(53)62(83)55(38(2)74)71-59(80)52(31-16-40-14-27-48(76)28-15-40)69-61(82)54-35-49(77)37-73(54)63(84)56(39(3)75)70-58(51)79/h6-8,11-12,14-15,17-30,38-39,47,49,51-56,74-77H,4-5,9-10,13,16,31-37H2,1-3H3,(H,65,81)(H,68,78)(H,69,82)(H,70,79)(H,71,80)(H2,66,67,85)/t38?,39?,47-,49+,51-,52?,53?,54?,55?,56?/m0/s1. The van der Waals surface area contributed by atoms with Crippen LogP contribution >= 0.6 is 0 Å². The Kier molecular flexibility index (Phi) is 21.9. The maximum absolute atomic E-state index is 14.7. The van der Waals surface area contributed by atoms with E-state index >= 15 is 0 Å². The van der Waals surface area contributed by atoms with Gasteiger partial charge in [0.05, 0.1) is 31.0 Å². The average Bonchev–Trinajstić information content (AvgIpc) is 3.19. The van der Waals surface area contributed by atoms with Gasteiger partial charge in [0, 0.05) is 37.3 Å². The van der Waals surface area contributed by atoms with Crippen molar-refractivity contribution in [3.63, 3.8) is 0 Å². The fraction of sp³-hybridized carbons (Fsp3) is 0.406. The van der Waals surface area contributed by atoms with E-state index in [0.717, 1.165) is 57.1 Å². The molecule has 3 aliphatic heterocycles. The van der Waals surface area contributed by atoms with E-state index in [1.165, 1.54) is 26.0 Å². The molecule has 11 N–H and O–H groups in total. The van der Waals surface area contributed by atoms with Crippen LogP contribution in [-0.4, -0.2) is 164 Å². The van der Waals surface area contributed by atoms with Gasteiger partial charge in [-0.2, -0.15) is 0 Å². The smallest absolute Gasteiger partial charge is 0.319 e. The molecule has 456 valence electrons. The Morgan fingerprint density at radius 3 is 1.83 bits per heavy atom. The number of phenols is 1. The zero-order valence-corrected chi connectivity index (χ0v) is 48.4. The molecule has 8 rings (SSSR count). The molecule has 0 bridgehead atoms. The van der Waals surface area contributed by atoms with Gasteiger partial charge >= 0.3 is 6.03 Å². The number of anilines is 1. The van der Waals surface area contributed by atoms with Crippen LogP contribution in [0.25, 0.3) is 22.3 Å². The molecule has 86 heavy (non-hydrogen) atoms. The van der Waals surface area contributed by atoms with E-state index in [2.05, 4.69) is 44.1 Å². The number of amides is 9. The summed E-state index contributed by atoms with van der Waals surface area (Å²) in [6.45, 7) is 4.58. The Labute approximate surface area is 499 Å². The van der Waals surface area contributed by atoms with Crippen LogP contribution in [0.5, 0.6) is 11.5 Å². The fourth-order valence-corrected chi connectivity index (χ4v) is 10.9. The van der Waals surface area contributed by atoms with Gasteiger partial charge < -0.3 is 72.2 Å². The molecule has 10 atom stereocenters. The van der Waals surface area contributed by atoms with E-state index in [-0.39, 0.29) is 62.9 Å². The number of aliphatic hydroxyl groups excluding tert-OH is 3. The number of carbonyl (C=O) groups excluding carboxylic acids is 8. The van der Waals surface area contributed by atoms with E-state index in [1.807, 2.05) is 48.5 Å². The molecule has 0 saturated carbocycles. The van der Waals surface area contributed by atoms with Crippen LogP contribution in [0.2, 0.25) is 0 Å². The zero-order chi connectivity index (χ0) is 61.4. The molecule has 0 aliphatic carbocycles. The van der Waals surface area contributed by atoms with Crippen molar-refractivity contribution in [2.24, 2.45) is 0 Å². The van der Waals surface area contributed by atoms with Crippen molar-refractivity contribution >= 4 is 53.1 Å². The van der Waals surface area contributed by atoms with E-state index in [0.29, 0.717) is 17.9 Å². The van der Waals surface area contributed by atoms with Crippen LogP contribution in [0.1, 0.15) is 88.1 Å². The Hall–Kier alpha value is -8.86. The third-order valence-corrected chi connectivity index (χ3v) is 15.7. The Balaban J connectivity index is 1.04. The average molecular weight is 1180 g/mol. The lowest BCUT2D eigenvalue weighted by Gasteiger charge is -2.32. The normalized spacial score (nSPS) is 23.2. The highest BCUT2D eigenvalue weighted by Crippen LogP contribution is 2.28. The molecule has 5 aromatic carbocycles. The van der Waals surface area contributed by atoms with Crippen molar-refractivity contribution in [1.29, 1.82) is 0 Å². The van der Waals surface area contributed by atoms with Gasteiger partial charge in [-0.15, -0.1) is 0 Å². The van der Waals surface area contributed by atoms with Gasteiger partial charge in [0.1, 0.15) is 47.8 Å². The molecule has 22 nitrogen and oxygen atoms in total. The largest absolute Gasteiger partial charge is 0.508 e. The number of fused-ring (bicyclic) bond motifs is 2. The van der Waals surface area contributed by atoms with Gasteiger partial charge in [-0.3, -0.25) is 33.6 Å². The molecule has 7 unspecified atom stereocenters. The van der Waals surface area contributed by atoms with Crippen molar-refractivity contribution in [3.8, 4) is 33.8 Å². The summed E-state index contributed by atoms with van der Waals surface area (Å²) in [4.78, 5) is 117. The number of nitrogens with one attached hydrogen (secondary N) is 7. The highest BCUT2D eigenvalue weighted by atomic mass is 16.5. The van der Waals surface area contributed by atoms with E-state index in [1.54, 1.807) is 66.7 Å². The van der Waals surface area contributed by atoms with Gasteiger partial charge in [0.15, 0.2) is 0 Å². The molecule has 0 spiro atoms. The molecule has 3 heterocycles. The van der Waals surface area contributed by atoms with Crippen LogP contribution in [0.15, 0.2) is 127 Å². The Morgan fingerprint density at radius 2 is 1.22 bits per heavy atom. The van der Waals surface area contributed by atoms with E-state index < -0.39 is 115 Å². The summed E-state index contributed by atoms with van der Waals surface area (Å²) in [6, 6.07) is 26.8. The molecule has 9 amide bonds. The number of nitrogens with zero attached hydrogens (tertiary/aromatic N) is 2.